The molecule has 0 fully saturated rings. The van der Waals surface area contributed by atoms with Crippen molar-refractivity contribution in [2.75, 3.05) is 6.54 Å². The molecular weight excluding hydrogens is 255 g/mol. The zero-order chi connectivity index (χ0) is 14.5. The Bertz CT molecular complexity index is 393. The molecule has 108 valence electrons. The zero-order valence-electron chi connectivity index (χ0n) is 11.4. The van der Waals surface area contributed by atoms with Gasteiger partial charge in [-0.2, -0.15) is 13.2 Å². The summed E-state index contributed by atoms with van der Waals surface area (Å²) in [6.07, 6.45) is -3.75. The first kappa shape index (κ1) is 15.8. The lowest BCUT2D eigenvalue weighted by molar-refractivity contribution is -0.139. The Labute approximate surface area is 112 Å². The second-order valence-corrected chi connectivity index (χ2v) is 4.64. The van der Waals surface area contributed by atoms with Crippen molar-refractivity contribution in [2.45, 2.75) is 45.5 Å². The van der Waals surface area contributed by atoms with Gasteiger partial charge in [-0.15, -0.1) is 0 Å². The summed E-state index contributed by atoms with van der Waals surface area (Å²) in [6, 6.07) is 5.60. The maximum atomic E-state index is 12.8. The average Bonchev–Trinajstić information content (AvgIpc) is 2.35. The monoisotopic (exact) mass is 275 g/mol. The van der Waals surface area contributed by atoms with Crippen LogP contribution in [0.1, 0.15) is 32.8 Å². The van der Waals surface area contributed by atoms with Gasteiger partial charge in [-0.25, -0.2) is 0 Å². The summed E-state index contributed by atoms with van der Waals surface area (Å²) in [7, 11) is 0. The SMILES string of the molecule is CCC(C)NCC(C)Oc1ccccc1C(F)(F)F. The van der Waals surface area contributed by atoms with Crippen molar-refractivity contribution in [3.63, 3.8) is 0 Å². The van der Waals surface area contributed by atoms with Crippen molar-refractivity contribution in [2.24, 2.45) is 0 Å². The van der Waals surface area contributed by atoms with Gasteiger partial charge in [0.25, 0.3) is 0 Å². The molecule has 2 atom stereocenters. The van der Waals surface area contributed by atoms with Crippen LogP contribution in [0.2, 0.25) is 0 Å². The molecule has 1 aromatic carbocycles. The highest BCUT2D eigenvalue weighted by Gasteiger charge is 2.34. The fourth-order valence-electron chi connectivity index (χ4n) is 1.57. The van der Waals surface area contributed by atoms with Crippen LogP contribution in [-0.2, 0) is 6.18 Å². The smallest absolute Gasteiger partial charge is 0.419 e. The van der Waals surface area contributed by atoms with Crippen LogP contribution in [0.25, 0.3) is 0 Å². The van der Waals surface area contributed by atoms with Crippen LogP contribution >= 0.6 is 0 Å². The Morgan fingerprint density at radius 2 is 1.84 bits per heavy atom. The van der Waals surface area contributed by atoms with E-state index in [4.69, 9.17) is 4.74 Å². The van der Waals surface area contributed by atoms with E-state index < -0.39 is 11.7 Å². The second kappa shape index (κ2) is 6.80. The Balaban J connectivity index is 2.67. The molecule has 5 heteroatoms. The molecule has 2 nitrogen and oxygen atoms in total. The number of ether oxygens (including phenoxy) is 1. The molecule has 0 aliphatic heterocycles. The van der Waals surface area contributed by atoms with Crippen LogP contribution in [-0.4, -0.2) is 18.7 Å². The Morgan fingerprint density at radius 3 is 2.42 bits per heavy atom. The average molecular weight is 275 g/mol. The van der Waals surface area contributed by atoms with E-state index in [0.717, 1.165) is 12.5 Å². The van der Waals surface area contributed by atoms with Gasteiger partial charge in [0, 0.05) is 12.6 Å². The van der Waals surface area contributed by atoms with E-state index in [2.05, 4.69) is 5.32 Å². The second-order valence-electron chi connectivity index (χ2n) is 4.64. The Hall–Kier alpha value is -1.23. The van der Waals surface area contributed by atoms with E-state index in [1.54, 1.807) is 13.0 Å². The van der Waals surface area contributed by atoms with E-state index in [9.17, 15) is 13.2 Å². The van der Waals surface area contributed by atoms with Crippen LogP contribution in [0.3, 0.4) is 0 Å². The first-order valence-electron chi connectivity index (χ1n) is 6.40. The summed E-state index contributed by atoms with van der Waals surface area (Å²) < 4.78 is 43.7. The number of para-hydroxylation sites is 1. The van der Waals surface area contributed by atoms with Crippen LogP contribution < -0.4 is 10.1 Å². The lowest BCUT2D eigenvalue weighted by Gasteiger charge is -2.20. The first-order chi connectivity index (χ1) is 8.84. The molecule has 0 bridgehead atoms. The van der Waals surface area contributed by atoms with Crippen molar-refractivity contribution >= 4 is 0 Å². The van der Waals surface area contributed by atoms with Gasteiger partial charge in [0.05, 0.1) is 5.56 Å². The highest BCUT2D eigenvalue weighted by molar-refractivity contribution is 5.35. The van der Waals surface area contributed by atoms with Gasteiger partial charge in [0.15, 0.2) is 0 Å². The molecule has 0 radical (unpaired) electrons. The summed E-state index contributed by atoms with van der Waals surface area (Å²) in [5.74, 6) is -0.117. The molecule has 0 aromatic heterocycles. The maximum absolute atomic E-state index is 12.8. The molecule has 0 heterocycles. The van der Waals surface area contributed by atoms with Crippen LogP contribution in [0.15, 0.2) is 24.3 Å². The molecule has 1 N–H and O–H groups in total. The molecule has 2 unspecified atom stereocenters. The predicted octanol–water partition coefficient (Wildman–Crippen LogP) is 3.86. The van der Waals surface area contributed by atoms with Crippen LogP contribution in [0.5, 0.6) is 5.75 Å². The minimum atomic E-state index is -4.39. The van der Waals surface area contributed by atoms with Crippen molar-refractivity contribution in [3.05, 3.63) is 29.8 Å². The van der Waals surface area contributed by atoms with Gasteiger partial charge in [0.1, 0.15) is 11.9 Å². The first-order valence-corrected chi connectivity index (χ1v) is 6.40. The van der Waals surface area contributed by atoms with E-state index in [-0.39, 0.29) is 11.9 Å². The number of hydrogen-bond donors (Lipinski definition) is 1. The summed E-state index contributed by atoms with van der Waals surface area (Å²) in [6.45, 7) is 6.34. The summed E-state index contributed by atoms with van der Waals surface area (Å²) >= 11 is 0. The molecule has 0 aliphatic rings. The summed E-state index contributed by atoms with van der Waals surface area (Å²) in [4.78, 5) is 0. The molecule has 0 spiro atoms. The third-order valence-corrected chi connectivity index (χ3v) is 2.89. The van der Waals surface area contributed by atoms with Crippen molar-refractivity contribution in [1.82, 2.24) is 5.32 Å². The highest BCUT2D eigenvalue weighted by Crippen LogP contribution is 2.36. The van der Waals surface area contributed by atoms with Gasteiger partial charge in [-0.3, -0.25) is 0 Å². The third-order valence-electron chi connectivity index (χ3n) is 2.89. The summed E-state index contributed by atoms with van der Waals surface area (Å²) in [5.41, 5.74) is -0.731. The maximum Gasteiger partial charge on any atom is 0.419 e. The minimum Gasteiger partial charge on any atom is -0.489 e. The molecule has 0 saturated carbocycles. The van der Waals surface area contributed by atoms with Crippen molar-refractivity contribution in [1.29, 1.82) is 0 Å². The number of nitrogens with one attached hydrogen (secondary N) is 1. The predicted molar refractivity (Wildman–Crippen MR) is 69.3 cm³/mol. The quantitative estimate of drug-likeness (QED) is 0.851. The third kappa shape index (κ3) is 5.11. The molecule has 0 amide bonds. The molecule has 1 rings (SSSR count). The number of alkyl halides is 3. The van der Waals surface area contributed by atoms with Gasteiger partial charge in [-0.1, -0.05) is 19.1 Å². The number of benzene rings is 1. The van der Waals surface area contributed by atoms with E-state index >= 15 is 0 Å². The normalized spacial score (nSPS) is 15.1. The number of rotatable bonds is 6. The standard InChI is InChI=1S/C14H20F3NO/c1-4-10(2)18-9-11(3)19-13-8-6-5-7-12(13)14(15,16)17/h5-8,10-11,18H,4,9H2,1-3H3. The lowest BCUT2D eigenvalue weighted by Crippen LogP contribution is -2.34. The topological polar surface area (TPSA) is 21.3 Å². The molecule has 0 aliphatic carbocycles. The molecule has 0 saturated heterocycles. The van der Waals surface area contributed by atoms with E-state index in [1.807, 2.05) is 13.8 Å². The highest BCUT2D eigenvalue weighted by atomic mass is 19.4. The molecular formula is C14H20F3NO. The largest absolute Gasteiger partial charge is 0.489 e. The van der Waals surface area contributed by atoms with Crippen LogP contribution in [0, 0.1) is 0 Å². The Kier molecular flexibility index (Phi) is 5.66. The van der Waals surface area contributed by atoms with E-state index in [1.165, 1.54) is 12.1 Å². The Morgan fingerprint density at radius 1 is 1.21 bits per heavy atom. The zero-order valence-corrected chi connectivity index (χ0v) is 11.4. The minimum absolute atomic E-state index is 0.117. The van der Waals surface area contributed by atoms with E-state index in [0.29, 0.717) is 12.6 Å². The van der Waals surface area contributed by atoms with Crippen molar-refractivity contribution < 1.29 is 17.9 Å². The van der Waals surface area contributed by atoms with Crippen LogP contribution in [0.4, 0.5) is 13.2 Å². The number of hydrogen-bond acceptors (Lipinski definition) is 2. The van der Waals surface area contributed by atoms with Gasteiger partial charge in [-0.05, 0) is 32.4 Å². The fourth-order valence-corrected chi connectivity index (χ4v) is 1.57. The van der Waals surface area contributed by atoms with Gasteiger partial charge >= 0.3 is 6.18 Å². The molecule has 1 aromatic rings. The summed E-state index contributed by atoms with van der Waals surface area (Å²) in [5, 5.41) is 3.20. The van der Waals surface area contributed by atoms with Gasteiger partial charge in [0.2, 0.25) is 0 Å². The molecule has 19 heavy (non-hydrogen) atoms. The van der Waals surface area contributed by atoms with Gasteiger partial charge < -0.3 is 10.1 Å². The lowest BCUT2D eigenvalue weighted by atomic mass is 10.2. The fraction of sp³-hybridized carbons (Fsp3) is 0.571. The number of halogens is 3. The van der Waals surface area contributed by atoms with Crippen molar-refractivity contribution in [3.8, 4) is 5.75 Å².